The summed E-state index contributed by atoms with van der Waals surface area (Å²) in [6.45, 7) is 1.90. The second-order valence-corrected chi connectivity index (χ2v) is 5.26. The number of benzene rings is 1. The molecule has 0 N–H and O–H groups in total. The molecular formula is C15H11NO2S. The molecule has 1 aromatic heterocycles. The van der Waals surface area contributed by atoms with Crippen LogP contribution < -0.4 is 0 Å². The summed E-state index contributed by atoms with van der Waals surface area (Å²) >= 11 is 1.58. The minimum atomic E-state index is -0.253. The second kappa shape index (κ2) is 4.48. The SMILES string of the molecule is CC(=CN1C(=O)c2ccccc2C1=O)c1cccs1. The molecule has 0 fully saturated rings. The first-order chi connectivity index (χ1) is 9.18. The number of allylic oxidation sites excluding steroid dienone is 1. The third-order valence-corrected chi connectivity index (χ3v) is 4.06. The van der Waals surface area contributed by atoms with Crippen LogP contribution in [0.4, 0.5) is 0 Å². The van der Waals surface area contributed by atoms with E-state index in [0.717, 1.165) is 10.5 Å². The van der Waals surface area contributed by atoms with Gasteiger partial charge in [0.15, 0.2) is 0 Å². The van der Waals surface area contributed by atoms with E-state index in [1.807, 2.05) is 24.4 Å². The van der Waals surface area contributed by atoms with Crippen LogP contribution in [0.3, 0.4) is 0 Å². The summed E-state index contributed by atoms with van der Waals surface area (Å²) in [5.74, 6) is -0.506. The lowest BCUT2D eigenvalue weighted by molar-refractivity contribution is 0.0722. The molecule has 19 heavy (non-hydrogen) atoms. The number of rotatable bonds is 2. The van der Waals surface area contributed by atoms with E-state index in [2.05, 4.69) is 0 Å². The van der Waals surface area contributed by atoms with E-state index in [0.29, 0.717) is 11.1 Å². The number of thiophene rings is 1. The average Bonchev–Trinajstić information content (AvgIpc) is 3.03. The summed E-state index contributed by atoms with van der Waals surface area (Å²) in [4.78, 5) is 26.6. The monoisotopic (exact) mass is 269 g/mol. The average molecular weight is 269 g/mol. The van der Waals surface area contributed by atoms with Crippen molar-refractivity contribution < 1.29 is 9.59 Å². The molecule has 0 radical (unpaired) electrons. The van der Waals surface area contributed by atoms with Crippen LogP contribution in [0.15, 0.2) is 48.0 Å². The Morgan fingerprint density at radius 2 is 1.68 bits per heavy atom. The van der Waals surface area contributed by atoms with Crippen LogP contribution >= 0.6 is 11.3 Å². The molecule has 1 aliphatic heterocycles. The van der Waals surface area contributed by atoms with Crippen molar-refractivity contribution in [1.82, 2.24) is 4.90 Å². The van der Waals surface area contributed by atoms with Crippen molar-refractivity contribution in [2.24, 2.45) is 0 Å². The lowest BCUT2D eigenvalue weighted by Crippen LogP contribution is -2.23. The van der Waals surface area contributed by atoms with Gasteiger partial charge in [-0.1, -0.05) is 18.2 Å². The highest BCUT2D eigenvalue weighted by atomic mass is 32.1. The van der Waals surface area contributed by atoms with Crippen molar-refractivity contribution in [1.29, 1.82) is 0 Å². The van der Waals surface area contributed by atoms with E-state index in [9.17, 15) is 9.59 Å². The maximum Gasteiger partial charge on any atom is 0.265 e. The summed E-state index contributed by atoms with van der Waals surface area (Å²) < 4.78 is 0. The molecule has 0 atom stereocenters. The molecule has 1 aromatic carbocycles. The Morgan fingerprint density at radius 1 is 1.05 bits per heavy atom. The Morgan fingerprint density at radius 3 is 2.21 bits per heavy atom. The first kappa shape index (κ1) is 11.9. The Kier molecular flexibility index (Phi) is 2.80. The Bertz CT molecular complexity index is 651. The predicted octanol–water partition coefficient (Wildman–Crippen LogP) is 3.41. The maximum absolute atomic E-state index is 12.2. The molecule has 0 spiro atoms. The Balaban J connectivity index is 1.99. The molecular weight excluding hydrogens is 258 g/mol. The first-order valence-electron chi connectivity index (χ1n) is 5.87. The van der Waals surface area contributed by atoms with Crippen molar-refractivity contribution in [2.45, 2.75) is 6.92 Å². The van der Waals surface area contributed by atoms with Crippen LogP contribution in [0.5, 0.6) is 0 Å². The van der Waals surface area contributed by atoms with Crippen LogP contribution in [-0.2, 0) is 0 Å². The summed E-state index contributed by atoms with van der Waals surface area (Å²) in [7, 11) is 0. The van der Waals surface area contributed by atoms with E-state index in [4.69, 9.17) is 0 Å². The van der Waals surface area contributed by atoms with Gasteiger partial charge in [0.2, 0.25) is 0 Å². The number of nitrogens with zero attached hydrogens (tertiary/aromatic N) is 1. The van der Waals surface area contributed by atoms with Crippen molar-refractivity contribution in [3.63, 3.8) is 0 Å². The lowest BCUT2D eigenvalue weighted by Gasteiger charge is -2.09. The molecule has 2 heterocycles. The molecule has 2 amide bonds. The lowest BCUT2D eigenvalue weighted by atomic mass is 10.1. The molecule has 0 saturated carbocycles. The number of amides is 2. The molecule has 0 unspecified atom stereocenters. The standard InChI is InChI=1S/C15H11NO2S/c1-10(13-7-4-8-19-13)9-16-14(17)11-5-2-3-6-12(11)15(16)18/h2-9H,1H3. The van der Waals surface area contributed by atoms with Crippen LogP contribution in [0.2, 0.25) is 0 Å². The normalized spacial score (nSPS) is 15.0. The van der Waals surface area contributed by atoms with Crippen LogP contribution in [0.25, 0.3) is 5.57 Å². The molecule has 0 aliphatic carbocycles. The van der Waals surface area contributed by atoms with Gasteiger partial charge in [-0.25, -0.2) is 4.90 Å². The number of fused-ring (bicyclic) bond motifs is 1. The van der Waals surface area contributed by atoms with Gasteiger partial charge in [0, 0.05) is 11.1 Å². The second-order valence-electron chi connectivity index (χ2n) is 4.32. The first-order valence-corrected chi connectivity index (χ1v) is 6.75. The molecule has 3 rings (SSSR count). The van der Waals surface area contributed by atoms with Gasteiger partial charge in [-0.2, -0.15) is 0 Å². The Hall–Kier alpha value is -2.20. The highest BCUT2D eigenvalue weighted by Crippen LogP contribution is 2.26. The van der Waals surface area contributed by atoms with Crippen molar-refractivity contribution in [3.8, 4) is 0 Å². The minimum Gasteiger partial charge on any atom is -0.268 e. The van der Waals surface area contributed by atoms with Crippen LogP contribution in [0, 0.1) is 0 Å². The number of hydrogen-bond donors (Lipinski definition) is 0. The fourth-order valence-electron chi connectivity index (χ4n) is 2.09. The van der Waals surface area contributed by atoms with Gasteiger partial charge in [-0.15, -0.1) is 11.3 Å². The van der Waals surface area contributed by atoms with E-state index in [-0.39, 0.29) is 11.8 Å². The van der Waals surface area contributed by atoms with Crippen LogP contribution in [0.1, 0.15) is 32.5 Å². The molecule has 94 valence electrons. The topological polar surface area (TPSA) is 37.4 Å². The molecule has 1 aliphatic rings. The van der Waals surface area contributed by atoms with Gasteiger partial charge < -0.3 is 0 Å². The van der Waals surface area contributed by atoms with Gasteiger partial charge in [0.25, 0.3) is 11.8 Å². The maximum atomic E-state index is 12.2. The molecule has 3 nitrogen and oxygen atoms in total. The quantitative estimate of drug-likeness (QED) is 0.783. The van der Waals surface area contributed by atoms with Gasteiger partial charge in [0.05, 0.1) is 11.1 Å². The fourth-order valence-corrected chi connectivity index (χ4v) is 2.78. The minimum absolute atomic E-state index is 0.253. The summed E-state index contributed by atoms with van der Waals surface area (Å²) in [5.41, 5.74) is 1.86. The van der Waals surface area contributed by atoms with Crippen molar-refractivity contribution >= 4 is 28.7 Å². The van der Waals surface area contributed by atoms with Gasteiger partial charge >= 0.3 is 0 Å². The van der Waals surface area contributed by atoms with Gasteiger partial charge in [-0.3, -0.25) is 9.59 Å². The van der Waals surface area contributed by atoms with Gasteiger partial charge in [0.1, 0.15) is 0 Å². The highest BCUT2D eigenvalue weighted by Gasteiger charge is 2.33. The van der Waals surface area contributed by atoms with E-state index < -0.39 is 0 Å². The number of carbonyl (C=O) groups excluding carboxylic acids is 2. The zero-order valence-corrected chi connectivity index (χ0v) is 11.1. The van der Waals surface area contributed by atoms with Gasteiger partial charge in [-0.05, 0) is 36.1 Å². The Labute approximate surface area is 114 Å². The highest BCUT2D eigenvalue weighted by molar-refractivity contribution is 7.11. The number of carbonyl (C=O) groups is 2. The number of hydrogen-bond acceptors (Lipinski definition) is 3. The van der Waals surface area contributed by atoms with E-state index in [1.54, 1.807) is 41.8 Å². The zero-order chi connectivity index (χ0) is 13.4. The largest absolute Gasteiger partial charge is 0.268 e. The third kappa shape index (κ3) is 1.90. The summed E-state index contributed by atoms with van der Waals surface area (Å²) in [6, 6.07) is 10.8. The van der Waals surface area contributed by atoms with E-state index >= 15 is 0 Å². The predicted molar refractivity (Wildman–Crippen MR) is 74.9 cm³/mol. The zero-order valence-electron chi connectivity index (χ0n) is 10.3. The van der Waals surface area contributed by atoms with Crippen molar-refractivity contribution in [3.05, 3.63) is 64.0 Å². The number of imide groups is 1. The fraction of sp³-hybridized carbons (Fsp3) is 0.0667. The molecule has 2 aromatic rings. The van der Waals surface area contributed by atoms with Crippen LogP contribution in [-0.4, -0.2) is 16.7 Å². The van der Waals surface area contributed by atoms with Crippen molar-refractivity contribution in [2.75, 3.05) is 0 Å². The third-order valence-electron chi connectivity index (χ3n) is 3.06. The molecule has 4 heteroatoms. The summed E-state index contributed by atoms with van der Waals surface area (Å²) in [6.07, 6.45) is 1.62. The van der Waals surface area contributed by atoms with E-state index in [1.165, 1.54) is 4.90 Å². The molecule has 0 bridgehead atoms. The summed E-state index contributed by atoms with van der Waals surface area (Å²) in [5, 5.41) is 1.97. The smallest absolute Gasteiger partial charge is 0.265 e. The molecule has 0 saturated heterocycles.